The van der Waals surface area contributed by atoms with Crippen molar-refractivity contribution in [3.8, 4) is 0 Å². The fourth-order valence-corrected chi connectivity index (χ4v) is 2.52. The van der Waals surface area contributed by atoms with Crippen LogP contribution in [0, 0.1) is 0 Å². The molecule has 2 atom stereocenters. The summed E-state index contributed by atoms with van der Waals surface area (Å²) in [4.78, 5) is 2.34. The third kappa shape index (κ3) is 6.76. The van der Waals surface area contributed by atoms with Crippen LogP contribution in [0.1, 0.15) is 24.9 Å². The van der Waals surface area contributed by atoms with Gasteiger partial charge in [0.25, 0.3) is 0 Å². The Labute approximate surface area is 133 Å². The molecule has 0 aromatic heterocycles. The maximum atomic E-state index is 6.27. The molecule has 0 spiro atoms. The third-order valence-corrected chi connectivity index (χ3v) is 3.85. The SMILES string of the molecule is COCCN(CCC(N)c1cccc(Cl)c1)C(C)COC. The van der Waals surface area contributed by atoms with E-state index in [2.05, 4.69) is 11.8 Å². The van der Waals surface area contributed by atoms with Gasteiger partial charge in [0.15, 0.2) is 0 Å². The summed E-state index contributed by atoms with van der Waals surface area (Å²) < 4.78 is 10.4. The molecule has 0 radical (unpaired) electrons. The van der Waals surface area contributed by atoms with Crippen molar-refractivity contribution in [3.63, 3.8) is 0 Å². The molecule has 1 rings (SSSR count). The molecule has 0 heterocycles. The van der Waals surface area contributed by atoms with Crippen LogP contribution in [-0.2, 0) is 9.47 Å². The number of nitrogens with zero attached hydrogens (tertiary/aromatic N) is 1. The van der Waals surface area contributed by atoms with E-state index in [0.29, 0.717) is 19.3 Å². The normalized spacial score (nSPS) is 14.4. The standard InChI is InChI=1S/C16H27ClN2O2/c1-13(12-21-3)19(9-10-20-2)8-7-16(18)14-5-4-6-15(17)11-14/h4-6,11,13,16H,7-10,12,18H2,1-3H3. The number of methoxy groups -OCH3 is 2. The molecule has 2 unspecified atom stereocenters. The van der Waals surface area contributed by atoms with Gasteiger partial charge in [-0.3, -0.25) is 4.90 Å². The first-order valence-electron chi connectivity index (χ1n) is 7.31. The summed E-state index contributed by atoms with van der Waals surface area (Å²) in [7, 11) is 3.44. The first-order chi connectivity index (χ1) is 10.1. The zero-order valence-electron chi connectivity index (χ0n) is 13.2. The highest BCUT2D eigenvalue weighted by atomic mass is 35.5. The van der Waals surface area contributed by atoms with E-state index in [9.17, 15) is 0 Å². The Morgan fingerprint density at radius 1 is 1.24 bits per heavy atom. The van der Waals surface area contributed by atoms with Crippen LogP contribution in [0.25, 0.3) is 0 Å². The molecule has 0 saturated heterocycles. The second kappa shape index (κ2) is 10.1. The molecule has 120 valence electrons. The minimum absolute atomic E-state index is 0.0107. The van der Waals surface area contributed by atoms with E-state index in [4.69, 9.17) is 26.8 Å². The Balaban J connectivity index is 2.54. The van der Waals surface area contributed by atoms with Crippen molar-refractivity contribution in [2.24, 2.45) is 5.73 Å². The maximum Gasteiger partial charge on any atom is 0.0615 e. The van der Waals surface area contributed by atoms with Crippen molar-refractivity contribution >= 4 is 11.6 Å². The Bertz CT molecular complexity index is 404. The summed E-state index contributed by atoms with van der Waals surface area (Å²) in [6, 6.07) is 8.09. The molecule has 5 heteroatoms. The van der Waals surface area contributed by atoms with Crippen LogP contribution >= 0.6 is 11.6 Å². The molecule has 0 aliphatic rings. The van der Waals surface area contributed by atoms with Crippen molar-refractivity contribution in [1.82, 2.24) is 4.90 Å². The fraction of sp³-hybridized carbons (Fsp3) is 0.625. The molecular formula is C16H27ClN2O2. The number of hydrogen-bond donors (Lipinski definition) is 1. The smallest absolute Gasteiger partial charge is 0.0615 e. The molecule has 0 saturated carbocycles. The topological polar surface area (TPSA) is 47.7 Å². The van der Waals surface area contributed by atoms with Crippen LogP contribution in [0.3, 0.4) is 0 Å². The predicted octanol–water partition coefficient (Wildman–Crippen LogP) is 2.71. The first kappa shape index (κ1) is 18.4. The summed E-state index contributed by atoms with van der Waals surface area (Å²) in [5.41, 5.74) is 7.34. The van der Waals surface area contributed by atoms with Gasteiger partial charge >= 0.3 is 0 Å². The highest BCUT2D eigenvalue weighted by Gasteiger charge is 2.15. The lowest BCUT2D eigenvalue weighted by atomic mass is 10.0. The zero-order chi connectivity index (χ0) is 15.7. The molecule has 0 amide bonds. The van der Waals surface area contributed by atoms with Gasteiger partial charge in [0.2, 0.25) is 0 Å². The number of nitrogens with two attached hydrogens (primary N) is 1. The van der Waals surface area contributed by atoms with E-state index in [1.54, 1.807) is 14.2 Å². The molecular weight excluding hydrogens is 288 g/mol. The minimum atomic E-state index is -0.0107. The number of ether oxygens (including phenoxy) is 2. The van der Waals surface area contributed by atoms with Crippen LogP contribution in [0.5, 0.6) is 0 Å². The maximum absolute atomic E-state index is 6.27. The van der Waals surface area contributed by atoms with Crippen LogP contribution < -0.4 is 5.73 Å². The van der Waals surface area contributed by atoms with E-state index < -0.39 is 0 Å². The lowest BCUT2D eigenvalue weighted by molar-refractivity contribution is 0.0732. The Morgan fingerprint density at radius 2 is 2.00 bits per heavy atom. The molecule has 0 aliphatic heterocycles. The highest BCUT2D eigenvalue weighted by Crippen LogP contribution is 2.19. The molecule has 2 N–H and O–H groups in total. The average molecular weight is 315 g/mol. The predicted molar refractivity (Wildman–Crippen MR) is 87.8 cm³/mol. The van der Waals surface area contributed by atoms with Gasteiger partial charge in [-0.1, -0.05) is 23.7 Å². The van der Waals surface area contributed by atoms with Crippen molar-refractivity contribution < 1.29 is 9.47 Å². The van der Waals surface area contributed by atoms with Gasteiger partial charge in [-0.05, 0) is 31.0 Å². The summed E-state index contributed by atoms with van der Waals surface area (Å²) >= 11 is 6.01. The monoisotopic (exact) mass is 314 g/mol. The second-order valence-corrected chi connectivity index (χ2v) is 5.72. The highest BCUT2D eigenvalue weighted by molar-refractivity contribution is 6.30. The summed E-state index contributed by atoms with van der Waals surface area (Å²) in [6.45, 7) is 5.35. The zero-order valence-corrected chi connectivity index (χ0v) is 14.0. The molecule has 0 aliphatic carbocycles. The lowest BCUT2D eigenvalue weighted by Gasteiger charge is -2.29. The summed E-state index contributed by atoms with van der Waals surface area (Å²) in [5.74, 6) is 0. The van der Waals surface area contributed by atoms with Gasteiger partial charge in [-0.15, -0.1) is 0 Å². The van der Waals surface area contributed by atoms with Gasteiger partial charge in [-0.25, -0.2) is 0 Å². The van der Waals surface area contributed by atoms with E-state index in [0.717, 1.165) is 30.1 Å². The van der Waals surface area contributed by atoms with Gasteiger partial charge in [-0.2, -0.15) is 0 Å². The van der Waals surface area contributed by atoms with E-state index in [-0.39, 0.29) is 6.04 Å². The summed E-state index contributed by atoms with van der Waals surface area (Å²) in [6.07, 6.45) is 0.873. The minimum Gasteiger partial charge on any atom is -0.383 e. The van der Waals surface area contributed by atoms with E-state index in [1.807, 2.05) is 24.3 Å². The molecule has 0 fully saturated rings. The molecule has 4 nitrogen and oxygen atoms in total. The van der Waals surface area contributed by atoms with Gasteiger partial charge < -0.3 is 15.2 Å². The van der Waals surface area contributed by atoms with Crippen molar-refractivity contribution in [3.05, 3.63) is 34.9 Å². The lowest BCUT2D eigenvalue weighted by Crippen LogP contribution is -2.40. The molecule has 0 bridgehead atoms. The van der Waals surface area contributed by atoms with E-state index >= 15 is 0 Å². The van der Waals surface area contributed by atoms with Crippen LogP contribution in [-0.4, -0.2) is 51.5 Å². The van der Waals surface area contributed by atoms with Crippen LogP contribution in [0.4, 0.5) is 0 Å². The molecule has 21 heavy (non-hydrogen) atoms. The first-order valence-corrected chi connectivity index (χ1v) is 7.69. The van der Waals surface area contributed by atoms with Crippen molar-refractivity contribution in [2.75, 3.05) is 40.5 Å². The Morgan fingerprint density at radius 3 is 2.62 bits per heavy atom. The van der Waals surface area contributed by atoms with Gasteiger partial charge in [0, 0.05) is 44.4 Å². The molecule has 1 aromatic carbocycles. The number of halogens is 1. The Hall–Kier alpha value is -0.650. The van der Waals surface area contributed by atoms with Gasteiger partial charge in [0.1, 0.15) is 0 Å². The quantitative estimate of drug-likeness (QED) is 0.721. The number of rotatable bonds is 10. The van der Waals surface area contributed by atoms with Crippen LogP contribution in [0.2, 0.25) is 5.02 Å². The Kier molecular flexibility index (Phi) is 8.88. The number of benzene rings is 1. The van der Waals surface area contributed by atoms with Gasteiger partial charge in [0.05, 0.1) is 13.2 Å². The summed E-state index contributed by atoms with van der Waals surface area (Å²) in [5, 5.41) is 0.729. The van der Waals surface area contributed by atoms with Crippen molar-refractivity contribution in [2.45, 2.75) is 25.4 Å². The number of hydrogen-bond acceptors (Lipinski definition) is 4. The third-order valence-electron chi connectivity index (χ3n) is 3.62. The second-order valence-electron chi connectivity index (χ2n) is 5.28. The average Bonchev–Trinajstić information content (AvgIpc) is 2.47. The fourth-order valence-electron chi connectivity index (χ4n) is 2.32. The van der Waals surface area contributed by atoms with Crippen molar-refractivity contribution in [1.29, 1.82) is 0 Å². The van der Waals surface area contributed by atoms with Crippen LogP contribution in [0.15, 0.2) is 24.3 Å². The molecule has 1 aromatic rings. The van der Waals surface area contributed by atoms with E-state index in [1.165, 1.54) is 0 Å². The largest absolute Gasteiger partial charge is 0.383 e.